The molecule has 15 heavy (non-hydrogen) atoms. The molecule has 0 bridgehead atoms. The van der Waals surface area contributed by atoms with Gasteiger partial charge in [0.25, 0.3) is 0 Å². The van der Waals surface area contributed by atoms with Crippen LogP contribution in [0, 0.1) is 0 Å². The minimum Gasteiger partial charge on any atom is -0.387 e. The SMILES string of the molecule is Cl.NC1CCCc2cccc(Br)c2C1O. The summed E-state index contributed by atoms with van der Waals surface area (Å²) in [5, 5.41) is 10.0. The standard InChI is InChI=1S/C11H14BrNO.ClH/c12-8-5-1-3-7-4-2-6-9(13)11(14)10(7)8;/h1,3,5,9,11,14H,2,4,6,13H2;1H. The van der Waals surface area contributed by atoms with E-state index in [1.807, 2.05) is 12.1 Å². The maximum Gasteiger partial charge on any atom is 0.0954 e. The molecule has 0 saturated heterocycles. The van der Waals surface area contributed by atoms with Crippen molar-refractivity contribution in [2.45, 2.75) is 31.4 Å². The third-order valence-corrected chi connectivity index (χ3v) is 3.52. The molecule has 0 aliphatic heterocycles. The van der Waals surface area contributed by atoms with Crippen molar-refractivity contribution in [2.24, 2.45) is 5.73 Å². The Balaban J connectivity index is 0.00000112. The Labute approximate surface area is 104 Å². The fraction of sp³-hybridized carbons (Fsp3) is 0.455. The minimum absolute atomic E-state index is 0. The zero-order valence-electron chi connectivity index (χ0n) is 8.32. The molecule has 2 rings (SSSR count). The highest BCUT2D eigenvalue weighted by atomic mass is 79.9. The van der Waals surface area contributed by atoms with Crippen molar-refractivity contribution in [1.82, 2.24) is 0 Å². The molecule has 2 atom stereocenters. The molecule has 0 amide bonds. The average molecular weight is 293 g/mol. The van der Waals surface area contributed by atoms with Crippen LogP contribution < -0.4 is 5.73 Å². The van der Waals surface area contributed by atoms with Gasteiger partial charge in [0.2, 0.25) is 0 Å². The predicted octanol–water partition coefficient (Wildman–Crippen LogP) is 2.57. The zero-order valence-corrected chi connectivity index (χ0v) is 10.7. The Morgan fingerprint density at radius 1 is 1.40 bits per heavy atom. The van der Waals surface area contributed by atoms with Gasteiger partial charge in [-0.3, -0.25) is 0 Å². The lowest BCUT2D eigenvalue weighted by Crippen LogP contribution is -2.27. The number of halogens is 2. The lowest BCUT2D eigenvalue weighted by Gasteiger charge is -2.18. The highest BCUT2D eigenvalue weighted by molar-refractivity contribution is 9.10. The van der Waals surface area contributed by atoms with E-state index in [1.54, 1.807) is 0 Å². The molecule has 0 saturated carbocycles. The normalized spacial score (nSPS) is 25.0. The Kier molecular flexibility index (Phi) is 4.59. The van der Waals surface area contributed by atoms with Crippen LogP contribution in [-0.2, 0) is 6.42 Å². The monoisotopic (exact) mass is 291 g/mol. The Morgan fingerprint density at radius 3 is 2.87 bits per heavy atom. The molecule has 2 unspecified atom stereocenters. The number of aliphatic hydroxyl groups is 1. The molecule has 3 N–H and O–H groups in total. The van der Waals surface area contributed by atoms with E-state index < -0.39 is 6.10 Å². The summed E-state index contributed by atoms with van der Waals surface area (Å²) in [6.45, 7) is 0. The topological polar surface area (TPSA) is 46.2 Å². The molecule has 1 aliphatic carbocycles. The number of rotatable bonds is 0. The second kappa shape index (κ2) is 5.30. The number of hydrogen-bond acceptors (Lipinski definition) is 2. The second-order valence-electron chi connectivity index (χ2n) is 3.81. The molecule has 84 valence electrons. The fourth-order valence-corrected chi connectivity index (χ4v) is 2.67. The van der Waals surface area contributed by atoms with Crippen LogP contribution in [-0.4, -0.2) is 11.1 Å². The number of aliphatic hydroxyl groups excluding tert-OH is 1. The lowest BCUT2D eigenvalue weighted by atomic mass is 9.99. The van der Waals surface area contributed by atoms with Gasteiger partial charge in [0.05, 0.1) is 6.10 Å². The van der Waals surface area contributed by atoms with Crippen LogP contribution in [0.2, 0.25) is 0 Å². The average Bonchev–Trinajstić information content (AvgIpc) is 2.29. The Hall–Kier alpha value is -0.0900. The van der Waals surface area contributed by atoms with Crippen LogP contribution in [0.4, 0.5) is 0 Å². The summed E-state index contributed by atoms with van der Waals surface area (Å²) in [6.07, 6.45) is 2.44. The van der Waals surface area contributed by atoms with Gasteiger partial charge in [0.1, 0.15) is 0 Å². The molecular weight excluding hydrogens is 277 g/mol. The van der Waals surface area contributed by atoms with Crippen molar-refractivity contribution < 1.29 is 5.11 Å². The van der Waals surface area contributed by atoms with Crippen molar-refractivity contribution >= 4 is 28.3 Å². The van der Waals surface area contributed by atoms with Crippen LogP contribution in [0.1, 0.15) is 30.1 Å². The molecular formula is C11H15BrClNO. The van der Waals surface area contributed by atoms with Gasteiger partial charge < -0.3 is 10.8 Å². The van der Waals surface area contributed by atoms with Gasteiger partial charge in [-0.1, -0.05) is 28.1 Å². The van der Waals surface area contributed by atoms with Gasteiger partial charge >= 0.3 is 0 Å². The lowest BCUT2D eigenvalue weighted by molar-refractivity contribution is 0.143. The molecule has 4 heteroatoms. The summed E-state index contributed by atoms with van der Waals surface area (Å²) in [7, 11) is 0. The van der Waals surface area contributed by atoms with Crippen LogP contribution in [0.3, 0.4) is 0 Å². The van der Waals surface area contributed by atoms with E-state index in [-0.39, 0.29) is 18.4 Å². The van der Waals surface area contributed by atoms with Crippen molar-refractivity contribution in [2.75, 3.05) is 0 Å². The van der Waals surface area contributed by atoms with Gasteiger partial charge in [0.15, 0.2) is 0 Å². The summed E-state index contributed by atoms with van der Waals surface area (Å²) in [4.78, 5) is 0. The fourth-order valence-electron chi connectivity index (χ4n) is 2.03. The first kappa shape index (κ1) is 13.0. The Morgan fingerprint density at radius 2 is 2.13 bits per heavy atom. The Bertz CT molecular complexity index is 345. The summed E-state index contributed by atoms with van der Waals surface area (Å²) >= 11 is 3.47. The van der Waals surface area contributed by atoms with Crippen molar-refractivity contribution in [1.29, 1.82) is 0 Å². The number of benzene rings is 1. The van der Waals surface area contributed by atoms with Gasteiger partial charge in [-0.15, -0.1) is 12.4 Å². The summed E-state index contributed by atoms with van der Waals surface area (Å²) in [6, 6.07) is 5.91. The molecule has 0 spiro atoms. The first-order valence-corrected chi connectivity index (χ1v) is 5.70. The van der Waals surface area contributed by atoms with E-state index in [0.29, 0.717) is 0 Å². The molecule has 2 nitrogen and oxygen atoms in total. The zero-order chi connectivity index (χ0) is 10.1. The first-order chi connectivity index (χ1) is 6.70. The largest absolute Gasteiger partial charge is 0.387 e. The van der Waals surface area contributed by atoms with Crippen LogP contribution in [0.25, 0.3) is 0 Å². The summed E-state index contributed by atoms with van der Waals surface area (Å²) < 4.78 is 0.972. The third-order valence-electron chi connectivity index (χ3n) is 2.83. The van der Waals surface area contributed by atoms with E-state index in [0.717, 1.165) is 29.3 Å². The molecule has 0 heterocycles. The highest BCUT2D eigenvalue weighted by Crippen LogP contribution is 2.33. The van der Waals surface area contributed by atoms with Crippen LogP contribution >= 0.6 is 28.3 Å². The van der Waals surface area contributed by atoms with E-state index in [2.05, 4.69) is 22.0 Å². The summed E-state index contributed by atoms with van der Waals surface area (Å²) in [5.41, 5.74) is 8.10. The maximum atomic E-state index is 10.0. The van der Waals surface area contributed by atoms with E-state index in [9.17, 15) is 5.11 Å². The number of hydrogen-bond donors (Lipinski definition) is 2. The summed E-state index contributed by atoms with van der Waals surface area (Å²) in [5.74, 6) is 0. The van der Waals surface area contributed by atoms with Crippen molar-refractivity contribution in [3.8, 4) is 0 Å². The molecule has 1 aromatic carbocycles. The van der Waals surface area contributed by atoms with Gasteiger partial charge in [-0.2, -0.15) is 0 Å². The minimum atomic E-state index is -0.525. The van der Waals surface area contributed by atoms with Crippen molar-refractivity contribution in [3.63, 3.8) is 0 Å². The van der Waals surface area contributed by atoms with Gasteiger partial charge in [0, 0.05) is 10.5 Å². The second-order valence-corrected chi connectivity index (χ2v) is 4.67. The third kappa shape index (κ3) is 2.53. The van der Waals surface area contributed by atoms with E-state index in [4.69, 9.17) is 5.73 Å². The van der Waals surface area contributed by atoms with E-state index >= 15 is 0 Å². The highest BCUT2D eigenvalue weighted by Gasteiger charge is 2.24. The smallest absolute Gasteiger partial charge is 0.0954 e. The molecule has 1 aromatic rings. The van der Waals surface area contributed by atoms with Gasteiger partial charge in [-0.05, 0) is 36.5 Å². The van der Waals surface area contributed by atoms with Crippen molar-refractivity contribution in [3.05, 3.63) is 33.8 Å². The maximum absolute atomic E-state index is 10.0. The predicted molar refractivity (Wildman–Crippen MR) is 67.3 cm³/mol. The van der Waals surface area contributed by atoms with Crippen LogP contribution in [0.5, 0.6) is 0 Å². The first-order valence-electron chi connectivity index (χ1n) is 4.91. The molecule has 0 fully saturated rings. The number of fused-ring (bicyclic) bond motifs is 1. The van der Waals surface area contributed by atoms with E-state index in [1.165, 1.54) is 5.56 Å². The molecule has 1 aliphatic rings. The van der Waals surface area contributed by atoms with Crippen LogP contribution in [0.15, 0.2) is 22.7 Å². The molecule has 0 aromatic heterocycles. The molecule has 0 radical (unpaired) electrons. The quantitative estimate of drug-likeness (QED) is 0.722. The van der Waals surface area contributed by atoms with Gasteiger partial charge in [-0.25, -0.2) is 0 Å². The number of nitrogens with two attached hydrogens (primary N) is 1. The number of aryl methyl sites for hydroxylation is 1.